The summed E-state index contributed by atoms with van der Waals surface area (Å²) in [5, 5.41) is 0. The van der Waals surface area contributed by atoms with Crippen LogP contribution in [0.4, 0.5) is 13.2 Å². The minimum Gasteiger partial charge on any atom is -0.461 e. The molecule has 0 aliphatic rings. The lowest BCUT2D eigenvalue weighted by atomic mass is 10.2. The smallest absolute Gasteiger partial charge is 0.461 e. The normalized spacial score (nSPS) is 11.2. The van der Waals surface area contributed by atoms with Crippen LogP contribution in [-0.2, 0) is 10.6 Å². The van der Waals surface area contributed by atoms with Gasteiger partial charge in [-0.3, -0.25) is 4.79 Å². The van der Waals surface area contributed by atoms with E-state index in [-0.39, 0.29) is 17.9 Å². The number of nitrogens with one attached hydrogen (secondary N) is 1. The van der Waals surface area contributed by atoms with Gasteiger partial charge in [0.05, 0.1) is 12.5 Å². The summed E-state index contributed by atoms with van der Waals surface area (Å²) in [5.74, 6) is -2.33. The topological polar surface area (TPSA) is 68.4 Å². The fourth-order valence-corrected chi connectivity index (χ4v) is 1.52. The molecular formula is C10H9ClF3NO4. The summed E-state index contributed by atoms with van der Waals surface area (Å²) in [4.78, 5) is 25.3. The molecule has 0 fully saturated rings. The Morgan fingerprint density at radius 1 is 1.47 bits per heavy atom. The number of halogens is 4. The molecule has 1 aromatic rings. The van der Waals surface area contributed by atoms with E-state index in [9.17, 15) is 22.8 Å². The highest BCUT2D eigenvalue weighted by atomic mass is 35.5. The van der Waals surface area contributed by atoms with Crippen molar-refractivity contribution in [3.05, 3.63) is 27.7 Å². The highest BCUT2D eigenvalue weighted by Crippen LogP contribution is 2.20. The Morgan fingerprint density at radius 2 is 2.11 bits per heavy atom. The summed E-state index contributed by atoms with van der Waals surface area (Å²) < 4.78 is 44.3. The van der Waals surface area contributed by atoms with Gasteiger partial charge in [-0.05, 0) is 6.92 Å². The Balaban J connectivity index is 3.23. The number of carbonyl (C=O) groups is 1. The number of rotatable bonds is 4. The molecule has 1 heterocycles. The number of hydrogen-bond donors (Lipinski definition) is 1. The van der Waals surface area contributed by atoms with Gasteiger partial charge >= 0.3 is 12.3 Å². The van der Waals surface area contributed by atoms with Crippen LogP contribution in [0.25, 0.3) is 0 Å². The average molecular weight is 300 g/mol. The minimum absolute atomic E-state index is 0.0450. The van der Waals surface area contributed by atoms with Gasteiger partial charge in [-0.25, -0.2) is 4.79 Å². The van der Waals surface area contributed by atoms with E-state index in [1.807, 2.05) is 0 Å². The monoisotopic (exact) mass is 299 g/mol. The molecule has 0 spiro atoms. The number of alkyl halides is 4. The molecule has 0 saturated heterocycles. The molecule has 106 valence electrons. The SMILES string of the molecule is CCOC(=O)c1[nH]cc(OC(F)(F)F)c(=O)c1CCl. The molecule has 0 aliphatic heterocycles. The molecule has 1 aromatic heterocycles. The highest BCUT2D eigenvalue weighted by molar-refractivity contribution is 6.17. The van der Waals surface area contributed by atoms with Gasteiger partial charge in [0.1, 0.15) is 5.69 Å². The maximum Gasteiger partial charge on any atom is 0.573 e. The van der Waals surface area contributed by atoms with Crippen LogP contribution >= 0.6 is 11.6 Å². The number of esters is 1. The molecule has 1 N–H and O–H groups in total. The number of aromatic nitrogens is 1. The Labute approximate surface area is 110 Å². The maximum absolute atomic E-state index is 12.0. The number of hydrogen-bond acceptors (Lipinski definition) is 4. The van der Waals surface area contributed by atoms with Gasteiger partial charge in [-0.15, -0.1) is 24.8 Å². The Kier molecular flexibility index (Phi) is 4.82. The van der Waals surface area contributed by atoms with E-state index in [1.54, 1.807) is 0 Å². The van der Waals surface area contributed by atoms with Crippen LogP contribution in [0.1, 0.15) is 23.0 Å². The Hall–Kier alpha value is -1.70. The second-order valence-corrected chi connectivity index (χ2v) is 3.50. The first-order valence-corrected chi connectivity index (χ1v) is 5.57. The first kappa shape index (κ1) is 15.4. The minimum atomic E-state index is -5.01. The third-order valence-corrected chi connectivity index (χ3v) is 2.25. The van der Waals surface area contributed by atoms with Crippen molar-refractivity contribution in [2.75, 3.05) is 6.61 Å². The molecular weight excluding hydrogens is 291 g/mol. The van der Waals surface area contributed by atoms with Crippen LogP contribution in [-0.4, -0.2) is 23.9 Å². The quantitative estimate of drug-likeness (QED) is 0.683. The van der Waals surface area contributed by atoms with Crippen molar-refractivity contribution in [2.24, 2.45) is 0 Å². The zero-order chi connectivity index (χ0) is 14.6. The predicted molar refractivity (Wildman–Crippen MR) is 59.3 cm³/mol. The lowest BCUT2D eigenvalue weighted by Crippen LogP contribution is -2.25. The van der Waals surface area contributed by atoms with E-state index in [4.69, 9.17) is 11.6 Å². The molecule has 0 aromatic carbocycles. The van der Waals surface area contributed by atoms with Crippen molar-refractivity contribution in [2.45, 2.75) is 19.2 Å². The molecule has 0 unspecified atom stereocenters. The van der Waals surface area contributed by atoms with Crippen molar-refractivity contribution < 1.29 is 27.4 Å². The van der Waals surface area contributed by atoms with Crippen LogP contribution in [0.5, 0.6) is 5.75 Å². The van der Waals surface area contributed by atoms with Gasteiger partial charge in [0.2, 0.25) is 5.43 Å². The van der Waals surface area contributed by atoms with Crippen molar-refractivity contribution in [3.63, 3.8) is 0 Å². The van der Waals surface area contributed by atoms with Gasteiger partial charge < -0.3 is 14.5 Å². The van der Waals surface area contributed by atoms with Crippen LogP contribution < -0.4 is 10.2 Å². The first-order valence-electron chi connectivity index (χ1n) is 5.03. The fraction of sp³-hybridized carbons (Fsp3) is 0.400. The first-order chi connectivity index (χ1) is 8.80. The predicted octanol–water partition coefficient (Wildman–Crippen LogP) is 2.19. The zero-order valence-electron chi connectivity index (χ0n) is 9.64. The second kappa shape index (κ2) is 5.96. The van der Waals surface area contributed by atoms with Crippen LogP contribution in [0.15, 0.2) is 11.0 Å². The summed E-state index contributed by atoms with van der Waals surface area (Å²) in [6.45, 7) is 1.58. The summed E-state index contributed by atoms with van der Waals surface area (Å²) in [7, 11) is 0. The summed E-state index contributed by atoms with van der Waals surface area (Å²) in [6.07, 6.45) is -4.37. The largest absolute Gasteiger partial charge is 0.573 e. The number of aromatic amines is 1. The van der Waals surface area contributed by atoms with E-state index in [2.05, 4.69) is 14.5 Å². The maximum atomic E-state index is 12.0. The molecule has 1 rings (SSSR count). The van der Waals surface area contributed by atoms with E-state index in [1.165, 1.54) is 6.92 Å². The summed E-state index contributed by atoms with van der Waals surface area (Å²) in [5.41, 5.74) is -1.76. The van der Waals surface area contributed by atoms with Crippen molar-refractivity contribution in [1.29, 1.82) is 0 Å². The van der Waals surface area contributed by atoms with E-state index < -0.39 is 29.4 Å². The summed E-state index contributed by atoms with van der Waals surface area (Å²) >= 11 is 5.46. The van der Waals surface area contributed by atoms with Crippen LogP contribution in [0, 0.1) is 0 Å². The number of H-pyrrole nitrogens is 1. The van der Waals surface area contributed by atoms with E-state index in [0.29, 0.717) is 6.20 Å². The molecule has 5 nitrogen and oxygen atoms in total. The average Bonchev–Trinajstić information content (AvgIpc) is 2.30. The second-order valence-electron chi connectivity index (χ2n) is 3.24. The van der Waals surface area contributed by atoms with E-state index >= 15 is 0 Å². The third kappa shape index (κ3) is 3.88. The summed E-state index contributed by atoms with van der Waals surface area (Å²) in [6, 6.07) is 0. The van der Waals surface area contributed by atoms with Gasteiger partial charge in [0.25, 0.3) is 0 Å². The van der Waals surface area contributed by atoms with Crippen LogP contribution in [0.3, 0.4) is 0 Å². The number of ether oxygens (including phenoxy) is 2. The molecule has 0 aliphatic carbocycles. The number of pyridine rings is 1. The van der Waals surface area contributed by atoms with E-state index in [0.717, 1.165) is 0 Å². The zero-order valence-corrected chi connectivity index (χ0v) is 10.4. The van der Waals surface area contributed by atoms with Crippen molar-refractivity contribution in [3.8, 4) is 5.75 Å². The molecule has 0 atom stereocenters. The highest BCUT2D eigenvalue weighted by Gasteiger charge is 2.33. The van der Waals surface area contributed by atoms with Gasteiger partial charge in [0.15, 0.2) is 5.75 Å². The van der Waals surface area contributed by atoms with Gasteiger partial charge in [-0.2, -0.15) is 0 Å². The Bertz CT molecular complexity index is 526. The third-order valence-electron chi connectivity index (χ3n) is 1.99. The fourth-order valence-electron chi connectivity index (χ4n) is 1.27. The lowest BCUT2D eigenvalue weighted by Gasteiger charge is -2.11. The molecule has 0 saturated carbocycles. The van der Waals surface area contributed by atoms with Crippen LogP contribution in [0.2, 0.25) is 0 Å². The van der Waals surface area contributed by atoms with Gasteiger partial charge in [0, 0.05) is 11.8 Å². The number of carbonyl (C=O) groups excluding carboxylic acids is 1. The molecule has 0 bridgehead atoms. The lowest BCUT2D eigenvalue weighted by molar-refractivity contribution is -0.275. The molecule has 19 heavy (non-hydrogen) atoms. The standard InChI is InChI=1S/C10H9ClF3NO4/c1-2-18-9(17)7-5(3-11)8(16)6(4-15-7)19-10(12,13)14/h4H,2-3H2,1H3,(H,15,16). The van der Waals surface area contributed by atoms with Crippen molar-refractivity contribution in [1.82, 2.24) is 4.98 Å². The molecule has 0 radical (unpaired) electrons. The van der Waals surface area contributed by atoms with Gasteiger partial charge in [-0.1, -0.05) is 0 Å². The molecule has 9 heteroatoms. The Morgan fingerprint density at radius 3 is 2.58 bits per heavy atom. The molecule has 0 amide bonds. The van der Waals surface area contributed by atoms with Crippen molar-refractivity contribution >= 4 is 17.6 Å².